The van der Waals surface area contributed by atoms with Crippen LogP contribution in [0.3, 0.4) is 0 Å². The molecule has 0 aliphatic carbocycles. The molecule has 1 aromatic carbocycles. The third-order valence-electron chi connectivity index (χ3n) is 2.58. The van der Waals surface area contributed by atoms with Gasteiger partial charge in [-0.15, -0.1) is 0 Å². The van der Waals surface area contributed by atoms with Crippen molar-refractivity contribution in [2.24, 2.45) is 0 Å². The van der Waals surface area contributed by atoms with Crippen molar-refractivity contribution >= 4 is 11.1 Å². The summed E-state index contributed by atoms with van der Waals surface area (Å²) in [4.78, 5) is 0.653. The van der Waals surface area contributed by atoms with Crippen molar-refractivity contribution in [1.29, 1.82) is 0 Å². The number of hydrogen-bond acceptors (Lipinski definition) is 3. The molecule has 0 aliphatic rings. The van der Waals surface area contributed by atoms with Gasteiger partial charge in [0.15, 0.2) is 11.1 Å². The Kier molecular flexibility index (Phi) is 6.25. The second-order valence-corrected chi connectivity index (χ2v) is 5.97. The van der Waals surface area contributed by atoms with E-state index in [-0.39, 0.29) is 0 Å². The molecule has 0 radical (unpaired) electrons. The van der Waals surface area contributed by atoms with Gasteiger partial charge in [0.1, 0.15) is 11.4 Å². The van der Waals surface area contributed by atoms with Gasteiger partial charge >= 0.3 is 0 Å². The fourth-order valence-corrected chi connectivity index (χ4v) is 2.07. The van der Waals surface area contributed by atoms with Crippen molar-refractivity contribution in [3.05, 3.63) is 36.9 Å². The molecule has 0 N–H and O–H groups in total. The Morgan fingerprint density at radius 2 is 1.95 bits per heavy atom. The molecule has 3 nitrogen and oxygen atoms in total. The van der Waals surface area contributed by atoms with Crippen LogP contribution < -0.4 is 4.74 Å². The monoisotopic (exact) mass is 282 g/mol. The van der Waals surface area contributed by atoms with E-state index >= 15 is 0 Å². The SMILES string of the molecule is C=CC(C)(C)Oc1ccc(S(=O)OCCCC)cc1. The smallest absolute Gasteiger partial charge is 0.189 e. The lowest BCUT2D eigenvalue weighted by molar-refractivity contribution is 0.162. The van der Waals surface area contributed by atoms with Crippen molar-refractivity contribution in [2.75, 3.05) is 6.61 Å². The molecule has 0 amide bonds. The van der Waals surface area contributed by atoms with E-state index in [2.05, 4.69) is 13.5 Å². The summed E-state index contributed by atoms with van der Waals surface area (Å²) in [6.45, 7) is 10.2. The molecule has 0 saturated heterocycles. The summed E-state index contributed by atoms with van der Waals surface area (Å²) in [5, 5.41) is 0. The van der Waals surface area contributed by atoms with Crippen LogP contribution in [0.5, 0.6) is 5.75 Å². The van der Waals surface area contributed by atoms with Crippen molar-refractivity contribution in [2.45, 2.75) is 44.1 Å². The summed E-state index contributed by atoms with van der Waals surface area (Å²) in [5.74, 6) is 0.721. The molecule has 0 saturated carbocycles. The van der Waals surface area contributed by atoms with E-state index in [1.165, 1.54) is 0 Å². The highest BCUT2D eigenvalue weighted by atomic mass is 32.2. The van der Waals surface area contributed by atoms with Crippen LogP contribution in [0.15, 0.2) is 41.8 Å². The summed E-state index contributed by atoms with van der Waals surface area (Å²) in [6, 6.07) is 7.11. The lowest BCUT2D eigenvalue weighted by atomic mass is 10.1. The van der Waals surface area contributed by atoms with Crippen LogP contribution in [0, 0.1) is 0 Å². The third-order valence-corrected chi connectivity index (χ3v) is 3.61. The minimum atomic E-state index is -1.39. The van der Waals surface area contributed by atoms with Gasteiger partial charge < -0.3 is 4.74 Å². The lowest BCUT2D eigenvalue weighted by Crippen LogP contribution is -2.24. The van der Waals surface area contributed by atoms with Gasteiger partial charge in [-0.3, -0.25) is 4.18 Å². The van der Waals surface area contributed by atoms with Crippen molar-refractivity contribution in [3.8, 4) is 5.75 Å². The first-order valence-electron chi connectivity index (χ1n) is 6.46. The zero-order chi connectivity index (χ0) is 14.3. The van der Waals surface area contributed by atoms with E-state index in [0.29, 0.717) is 11.5 Å². The second-order valence-electron chi connectivity index (χ2n) is 4.79. The first-order valence-corrected chi connectivity index (χ1v) is 7.53. The number of benzene rings is 1. The van der Waals surface area contributed by atoms with Gasteiger partial charge in [-0.1, -0.05) is 19.9 Å². The number of ether oxygens (including phenoxy) is 1. The highest BCUT2D eigenvalue weighted by Gasteiger charge is 2.14. The van der Waals surface area contributed by atoms with E-state index in [9.17, 15) is 4.21 Å². The first kappa shape index (κ1) is 15.9. The van der Waals surface area contributed by atoms with E-state index in [4.69, 9.17) is 8.92 Å². The van der Waals surface area contributed by atoms with Gasteiger partial charge in [0.05, 0.1) is 11.5 Å². The molecule has 0 spiro atoms. The molecule has 1 atom stereocenters. The van der Waals surface area contributed by atoms with Gasteiger partial charge in [0, 0.05) is 0 Å². The summed E-state index contributed by atoms with van der Waals surface area (Å²) < 4.78 is 22.8. The van der Waals surface area contributed by atoms with Gasteiger partial charge in [-0.05, 0) is 50.6 Å². The normalized spacial score (nSPS) is 13.0. The maximum absolute atomic E-state index is 11.8. The Bertz CT molecular complexity index is 424. The highest BCUT2D eigenvalue weighted by Crippen LogP contribution is 2.21. The first-order chi connectivity index (χ1) is 8.98. The quantitative estimate of drug-likeness (QED) is 0.536. The van der Waals surface area contributed by atoms with Crippen molar-refractivity contribution < 1.29 is 13.1 Å². The van der Waals surface area contributed by atoms with Crippen LogP contribution >= 0.6 is 0 Å². The van der Waals surface area contributed by atoms with E-state index in [1.54, 1.807) is 30.3 Å². The van der Waals surface area contributed by atoms with Gasteiger partial charge in [-0.25, -0.2) is 4.21 Å². The van der Waals surface area contributed by atoms with Crippen LogP contribution in [-0.4, -0.2) is 16.4 Å². The Morgan fingerprint density at radius 1 is 1.32 bits per heavy atom. The Balaban J connectivity index is 2.61. The maximum atomic E-state index is 11.8. The highest BCUT2D eigenvalue weighted by molar-refractivity contribution is 7.80. The summed E-state index contributed by atoms with van der Waals surface area (Å²) in [5.41, 5.74) is -0.418. The van der Waals surface area contributed by atoms with Gasteiger partial charge in [0.2, 0.25) is 0 Å². The average Bonchev–Trinajstić information content (AvgIpc) is 2.39. The minimum Gasteiger partial charge on any atom is -0.484 e. The van der Waals surface area contributed by atoms with Crippen molar-refractivity contribution in [1.82, 2.24) is 0 Å². The number of hydrogen-bond donors (Lipinski definition) is 0. The third kappa shape index (κ3) is 5.57. The Morgan fingerprint density at radius 3 is 2.47 bits per heavy atom. The largest absolute Gasteiger partial charge is 0.484 e. The zero-order valence-corrected chi connectivity index (χ0v) is 12.7. The molecule has 1 aromatic rings. The lowest BCUT2D eigenvalue weighted by Gasteiger charge is -2.22. The molecule has 0 aliphatic heterocycles. The molecule has 1 unspecified atom stereocenters. The molecule has 0 bridgehead atoms. The van der Waals surface area contributed by atoms with Crippen LogP contribution in [0.4, 0.5) is 0 Å². The molecule has 4 heteroatoms. The summed E-state index contributed by atoms with van der Waals surface area (Å²) >= 11 is -1.39. The summed E-state index contributed by atoms with van der Waals surface area (Å²) in [7, 11) is 0. The molecule has 0 aromatic heterocycles. The molecular weight excluding hydrogens is 260 g/mol. The van der Waals surface area contributed by atoms with Crippen LogP contribution in [0.2, 0.25) is 0 Å². The van der Waals surface area contributed by atoms with Crippen LogP contribution in [0.25, 0.3) is 0 Å². The molecule has 0 fully saturated rings. The van der Waals surface area contributed by atoms with Crippen molar-refractivity contribution in [3.63, 3.8) is 0 Å². The topological polar surface area (TPSA) is 35.5 Å². The standard InChI is InChI=1S/C15H22O3S/c1-5-7-12-17-19(16)14-10-8-13(9-11-14)18-15(3,4)6-2/h6,8-11H,2,5,7,12H2,1,3-4H3. The van der Waals surface area contributed by atoms with Crippen LogP contribution in [0.1, 0.15) is 33.6 Å². The minimum absolute atomic E-state index is 0.418. The molecule has 106 valence electrons. The predicted molar refractivity (Wildman–Crippen MR) is 78.6 cm³/mol. The second kappa shape index (κ2) is 7.46. The number of rotatable bonds is 8. The zero-order valence-electron chi connectivity index (χ0n) is 11.8. The van der Waals surface area contributed by atoms with E-state index in [1.807, 2.05) is 13.8 Å². The molecule has 1 rings (SSSR count). The summed E-state index contributed by atoms with van der Waals surface area (Å²) in [6.07, 6.45) is 3.69. The average molecular weight is 282 g/mol. The van der Waals surface area contributed by atoms with E-state index in [0.717, 1.165) is 18.6 Å². The van der Waals surface area contributed by atoms with E-state index < -0.39 is 16.7 Å². The predicted octanol–water partition coefficient (Wildman–Crippen LogP) is 3.87. The fraction of sp³-hybridized carbons (Fsp3) is 0.467. The molecule has 19 heavy (non-hydrogen) atoms. The Hall–Kier alpha value is -1.13. The van der Waals surface area contributed by atoms with Gasteiger partial charge in [0.25, 0.3) is 0 Å². The molecular formula is C15H22O3S. The maximum Gasteiger partial charge on any atom is 0.189 e. The van der Waals surface area contributed by atoms with Gasteiger partial charge in [-0.2, -0.15) is 0 Å². The van der Waals surface area contributed by atoms with Crippen LogP contribution in [-0.2, 0) is 15.3 Å². The molecule has 0 heterocycles. The fourth-order valence-electron chi connectivity index (χ4n) is 1.31. The Labute approximate surface area is 118 Å². The number of unbranched alkanes of at least 4 members (excludes halogenated alkanes) is 1.